The van der Waals surface area contributed by atoms with Crippen LogP contribution in [0.2, 0.25) is 0 Å². The second-order valence-electron chi connectivity index (χ2n) is 4.31. The Balaban J connectivity index is 2.04. The van der Waals surface area contributed by atoms with Gasteiger partial charge in [-0.25, -0.2) is 0 Å². The Labute approximate surface area is 91.4 Å². The molecule has 0 aliphatic carbocycles. The van der Waals surface area contributed by atoms with Crippen molar-refractivity contribution in [3.63, 3.8) is 0 Å². The molecule has 80 valence electrons. The van der Waals surface area contributed by atoms with Crippen molar-refractivity contribution < 1.29 is 0 Å². The van der Waals surface area contributed by atoms with Crippen molar-refractivity contribution in [2.24, 2.45) is 0 Å². The molecular formula is C13H18N2. The molecule has 1 N–H and O–H groups in total. The lowest BCUT2D eigenvalue weighted by atomic mass is 10.1. The molecule has 0 aromatic heterocycles. The minimum atomic E-state index is 0.808. The third kappa shape index (κ3) is 2.58. The number of nitrogens with zero attached hydrogens (tertiary/aromatic N) is 1. The number of hydrogen-bond donors (Lipinski definition) is 1. The Kier molecular flexibility index (Phi) is 3.05. The van der Waals surface area contributed by atoms with Gasteiger partial charge in [0.2, 0.25) is 0 Å². The molecule has 1 aliphatic heterocycles. The van der Waals surface area contributed by atoms with Crippen LogP contribution in [0.25, 0.3) is 0 Å². The van der Waals surface area contributed by atoms with Crippen LogP contribution >= 0.6 is 0 Å². The molecule has 1 saturated heterocycles. The van der Waals surface area contributed by atoms with Gasteiger partial charge >= 0.3 is 0 Å². The van der Waals surface area contributed by atoms with Gasteiger partial charge in [0.25, 0.3) is 0 Å². The molecule has 2 rings (SSSR count). The highest BCUT2D eigenvalue weighted by Gasteiger charge is 2.14. The normalized spacial score (nSPS) is 16.9. The maximum absolute atomic E-state index is 7.87. The van der Waals surface area contributed by atoms with E-state index in [4.69, 9.17) is 5.41 Å². The minimum absolute atomic E-state index is 0.808. The zero-order valence-electron chi connectivity index (χ0n) is 9.29. The van der Waals surface area contributed by atoms with Crippen LogP contribution in [-0.4, -0.2) is 17.3 Å². The number of nitrogens with one attached hydrogen (secondary N) is 1. The van der Waals surface area contributed by atoms with Crippen molar-refractivity contribution >= 4 is 5.84 Å². The number of hydrogen-bond acceptors (Lipinski definition) is 1. The van der Waals surface area contributed by atoms with Crippen molar-refractivity contribution in [1.29, 1.82) is 5.41 Å². The lowest BCUT2D eigenvalue weighted by molar-refractivity contribution is 0.361. The Bertz CT molecular complexity index is 357. The van der Waals surface area contributed by atoms with Gasteiger partial charge in [0.15, 0.2) is 0 Å². The van der Waals surface area contributed by atoms with Crippen LogP contribution in [0.3, 0.4) is 0 Å². The molecule has 0 bridgehead atoms. The van der Waals surface area contributed by atoms with E-state index in [0.717, 1.165) is 25.3 Å². The second kappa shape index (κ2) is 4.47. The smallest absolute Gasteiger partial charge is 0.0960 e. The second-order valence-corrected chi connectivity index (χ2v) is 4.31. The van der Waals surface area contributed by atoms with Crippen LogP contribution in [-0.2, 0) is 6.54 Å². The highest BCUT2D eigenvalue weighted by molar-refractivity contribution is 5.79. The first kappa shape index (κ1) is 10.2. The van der Waals surface area contributed by atoms with Gasteiger partial charge in [-0.05, 0) is 25.3 Å². The fraction of sp³-hybridized carbons (Fsp3) is 0.462. The van der Waals surface area contributed by atoms with Crippen LogP contribution in [0.15, 0.2) is 24.3 Å². The van der Waals surface area contributed by atoms with Gasteiger partial charge in [-0.1, -0.05) is 29.8 Å². The average Bonchev–Trinajstić information content (AvgIpc) is 2.22. The molecule has 1 aromatic carbocycles. The molecule has 1 aromatic rings. The summed E-state index contributed by atoms with van der Waals surface area (Å²) in [7, 11) is 0. The molecular weight excluding hydrogens is 184 g/mol. The standard InChI is InChI=1S/C13H18N2/c1-11-5-4-6-12(9-11)10-15-8-3-2-7-13(15)14/h4-6,9,14H,2-3,7-8,10H2,1H3. The zero-order valence-corrected chi connectivity index (χ0v) is 9.29. The quantitative estimate of drug-likeness (QED) is 0.784. The van der Waals surface area contributed by atoms with Crippen molar-refractivity contribution in [1.82, 2.24) is 4.90 Å². The Morgan fingerprint density at radius 1 is 1.33 bits per heavy atom. The third-order valence-electron chi connectivity index (χ3n) is 2.93. The van der Waals surface area contributed by atoms with E-state index in [1.807, 2.05) is 0 Å². The van der Waals surface area contributed by atoms with Gasteiger partial charge in [0.1, 0.15) is 0 Å². The summed E-state index contributed by atoms with van der Waals surface area (Å²) in [6, 6.07) is 8.57. The first-order valence-corrected chi connectivity index (χ1v) is 5.63. The van der Waals surface area contributed by atoms with Crippen LogP contribution in [0.4, 0.5) is 0 Å². The van der Waals surface area contributed by atoms with E-state index < -0.39 is 0 Å². The predicted octanol–water partition coefficient (Wildman–Crippen LogP) is 2.96. The first-order valence-electron chi connectivity index (χ1n) is 5.63. The number of aryl methyl sites for hydroxylation is 1. The molecule has 1 fully saturated rings. The van der Waals surface area contributed by atoms with Crippen LogP contribution in [0.5, 0.6) is 0 Å². The Morgan fingerprint density at radius 3 is 2.93 bits per heavy atom. The van der Waals surface area contributed by atoms with Gasteiger partial charge in [0.05, 0.1) is 5.84 Å². The van der Waals surface area contributed by atoms with Gasteiger partial charge < -0.3 is 4.90 Å². The predicted molar refractivity (Wildman–Crippen MR) is 63.2 cm³/mol. The maximum Gasteiger partial charge on any atom is 0.0960 e. The number of benzene rings is 1. The van der Waals surface area contributed by atoms with Crippen LogP contribution in [0, 0.1) is 12.3 Å². The highest BCUT2D eigenvalue weighted by Crippen LogP contribution is 2.15. The number of rotatable bonds is 2. The number of likely N-dealkylation sites (tertiary alicyclic amines) is 1. The molecule has 1 heterocycles. The summed E-state index contributed by atoms with van der Waals surface area (Å²) in [4.78, 5) is 2.19. The summed E-state index contributed by atoms with van der Waals surface area (Å²) >= 11 is 0. The third-order valence-corrected chi connectivity index (χ3v) is 2.93. The van der Waals surface area contributed by atoms with E-state index in [1.54, 1.807) is 0 Å². The summed E-state index contributed by atoms with van der Waals surface area (Å²) < 4.78 is 0. The molecule has 15 heavy (non-hydrogen) atoms. The van der Waals surface area contributed by atoms with Crippen molar-refractivity contribution in [3.8, 4) is 0 Å². The monoisotopic (exact) mass is 202 g/mol. The van der Waals surface area contributed by atoms with Crippen molar-refractivity contribution in [2.45, 2.75) is 32.7 Å². The van der Waals surface area contributed by atoms with E-state index >= 15 is 0 Å². The van der Waals surface area contributed by atoms with Crippen molar-refractivity contribution in [3.05, 3.63) is 35.4 Å². The molecule has 0 atom stereocenters. The zero-order chi connectivity index (χ0) is 10.7. The van der Waals surface area contributed by atoms with Gasteiger partial charge in [-0.15, -0.1) is 0 Å². The lowest BCUT2D eigenvalue weighted by Crippen LogP contribution is -2.34. The maximum atomic E-state index is 7.87. The minimum Gasteiger partial charge on any atom is -0.356 e. The van der Waals surface area contributed by atoms with E-state index in [9.17, 15) is 0 Å². The number of piperidine rings is 1. The average molecular weight is 202 g/mol. The summed E-state index contributed by atoms with van der Waals surface area (Å²) in [5.74, 6) is 0.808. The largest absolute Gasteiger partial charge is 0.356 e. The number of amidine groups is 1. The SMILES string of the molecule is Cc1cccc(CN2CCCCC2=N)c1. The fourth-order valence-electron chi connectivity index (χ4n) is 2.09. The Morgan fingerprint density at radius 2 is 2.20 bits per heavy atom. The van der Waals surface area contributed by atoms with E-state index in [1.165, 1.54) is 24.0 Å². The molecule has 0 saturated carbocycles. The van der Waals surface area contributed by atoms with Crippen LogP contribution < -0.4 is 0 Å². The molecule has 2 nitrogen and oxygen atoms in total. The van der Waals surface area contributed by atoms with E-state index in [2.05, 4.69) is 36.1 Å². The summed E-state index contributed by atoms with van der Waals surface area (Å²) in [6.45, 7) is 4.07. The topological polar surface area (TPSA) is 27.1 Å². The molecule has 0 spiro atoms. The molecule has 0 radical (unpaired) electrons. The molecule has 1 aliphatic rings. The lowest BCUT2D eigenvalue weighted by Gasteiger charge is -2.29. The molecule has 0 amide bonds. The van der Waals surface area contributed by atoms with E-state index in [-0.39, 0.29) is 0 Å². The van der Waals surface area contributed by atoms with Crippen LogP contribution in [0.1, 0.15) is 30.4 Å². The van der Waals surface area contributed by atoms with Gasteiger partial charge in [0, 0.05) is 19.5 Å². The van der Waals surface area contributed by atoms with E-state index in [0.29, 0.717) is 0 Å². The summed E-state index contributed by atoms with van der Waals surface area (Å²) in [5, 5.41) is 7.87. The molecule has 2 heteroatoms. The first-order chi connectivity index (χ1) is 7.25. The fourth-order valence-corrected chi connectivity index (χ4v) is 2.09. The van der Waals surface area contributed by atoms with Gasteiger partial charge in [-0.2, -0.15) is 0 Å². The molecule has 0 unspecified atom stereocenters. The summed E-state index contributed by atoms with van der Waals surface area (Å²) in [6.07, 6.45) is 3.36. The van der Waals surface area contributed by atoms with Crippen molar-refractivity contribution in [2.75, 3.05) is 6.54 Å². The summed E-state index contributed by atoms with van der Waals surface area (Å²) in [5.41, 5.74) is 2.62. The Hall–Kier alpha value is -1.31. The highest BCUT2D eigenvalue weighted by atomic mass is 15.2. The van der Waals surface area contributed by atoms with Gasteiger partial charge in [-0.3, -0.25) is 5.41 Å².